The molecule has 0 aromatic carbocycles. The molecule has 0 aliphatic heterocycles. The highest BCUT2D eigenvalue weighted by Gasteiger charge is 2.10. The Hall–Kier alpha value is -1.12. The molecule has 0 fully saturated rings. The van der Waals surface area contributed by atoms with Crippen LogP contribution < -0.4 is 4.57 Å². The SMILES string of the molecule is CCCCCCCCCC(=O)n1cc[n+](C)c1. The number of rotatable bonds is 8. The van der Waals surface area contributed by atoms with Crippen LogP contribution in [0, 0.1) is 0 Å². The molecule has 1 aromatic rings. The van der Waals surface area contributed by atoms with Gasteiger partial charge in [0.2, 0.25) is 0 Å². The zero-order valence-corrected chi connectivity index (χ0v) is 11.2. The van der Waals surface area contributed by atoms with Gasteiger partial charge in [0.1, 0.15) is 12.4 Å². The minimum Gasteiger partial charge on any atom is -0.246 e. The second kappa shape index (κ2) is 8.04. The molecule has 1 heterocycles. The van der Waals surface area contributed by atoms with Crippen LogP contribution >= 0.6 is 0 Å². The predicted molar refractivity (Wildman–Crippen MR) is 68.8 cm³/mol. The lowest BCUT2D eigenvalue weighted by atomic mass is 10.1. The minimum absolute atomic E-state index is 0.208. The van der Waals surface area contributed by atoms with Crippen LogP contribution in [0.3, 0.4) is 0 Å². The lowest BCUT2D eigenvalue weighted by Crippen LogP contribution is -2.24. The van der Waals surface area contributed by atoms with Crippen molar-refractivity contribution in [3.63, 3.8) is 0 Å². The standard InChI is InChI=1S/C14H25N2O/c1-3-4-5-6-7-8-9-10-14(17)16-12-11-15(2)13-16/h11-13H,3-10H2,1-2H3/q+1. The first kappa shape index (κ1) is 13.9. The number of carbonyl (C=O) groups excluding carboxylic acids is 1. The highest BCUT2D eigenvalue weighted by molar-refractivity contribution is 5.78. The first-order valence-corrected chi connectivity index (χ1v) is 6.80. The summed E-state index contributed by atoms with van der Waals surface area (Å²) in [5.41, 5.74) is 0. The van der Waals surface area contributed by atoms with E-state index in [1.165, 1.54) is 38.5 Å². The van der Waals surface area contributed by atoms with Gasteiger partial charge in [-0.25, -0.2) is 9.36 Å². The maximum atomic E-state index is 11.7. The third-order valence-corrected chi connectivity index (χ3v) is 3.05. The Morgan fingerprint density at radius 3 is 2.35 bits per heavy atom. The van der Waals surface area contributed by atoms with E-state index in [4.69, 9.17) is 0 Å². The van der Waals surface area contributed by atoms with E-state index in [9.17, 15) is 4.79 Å². The summed E-state index contributed by atoms with van der Waals surface area (Å²) < 4.78 is 3.57. The Morgan fingerprint density at radius 1 is 1.12 bits per heavy atom. The lowest BCUT2D eigenvalue weighted by molar-refractivity contribution is -0.670. The summed E-state index contributed by atoms with van der Waals surface area (Å²) in [6, 6.07) is 0. The monoisotopic (exact) mass is 237 g/mol. The number of hydrogen-bond donors (Lipinski definition) is 0. The van der Waals surface area contributed by atoms with Crippen LogP contribution in [0.25, 0.3) is 0 Å². The Balaban J connectivity index is 2.05. The molecular formula is C14H25N2O+. The second-order valence-corrected chi connectivity index (χ2v) is 4.75. The van der Waals surface area contributed by atoms with Gasteiger partial charge in [0.25, 0.3) is 6.33 Å². The van der Waals surface area contributed by atoms with Crippen LogP contribution in [-0.4, -0.2) is 10.5 Å². The topological polar surface area (TPSA) is 25.9 Å². The van der Waals surface area contributed by atoms with Crippen LogP contribution in [-0.2, 0) is 7.05 Å². The molecule has 0 saturated carbocycles. The van der Waals surface area contributed by atoms with Gasteiger partial charge in [-0.3, -0.25) is 0 Å². The van der Waals surface area contributed by atoms with E-state index in [1.54, 1.807) is 4.57 Å². The zero-order chi connectivity index (χ0) is 12.5. The summed E-state index contributed by atoms with van der Waals surface area (Å²) in [6.45, 7) is 2.23. The van der Waals surface area contributed by atoms with Gasteiger partial charge < -0.3 is 0 Å². The molecule has 3 heteroatoms. The Bertz CT molecular complexity index is 331. The molecule has 0 saturated heterocycles. The van der Waals surface area contributed by atoms with Gasteiger partial charge in [-0.2, -0.15) is 4.57 Å². The van der Waals surface area contributed by atoms with Gasteiger partial charge in [0.05, 0.1) is 13.5 Å². The van der Waals surface area contributed by atoms with Gasteiger partial charge in [-0.1, -0.05) is 45.4 Å². The molecule has 0 unspecified atom stereocenters. The predicted octanol–water partition coefficient (Wildman–Crippen LogP) is 3.09. The normalized spacial score (nSPS) is 10.7. The third kappa shape index (κ3) is 5.66. The minimum atomic E-state index is 0.208. The van der Waals surface area contributed by atoms with Gasteiger partial charge in [0, 0.05) is 0 Å². The zero-order valence-electron chi connectivity index (χ0n) is 11.2. The molecule has 0 aliphatic rings. The number of imidazole rings is 1. The first-order valence-electron chi connectivity index (χ1n) is 6.80. The van der Waals surface area contributed by atoms with Crippen molar-refractivity contribution in [2.45, 2.75) is 58.3 Å². The summed E-state index contributed by atoms with van der Waals surface area (Å²) in [7, 11) is 1.93. The molecule has 0 N–H and O–H groups in total. The summed E-state index contributed by atoms with van der Waals surface area (Å²) >= 11 is 0. The molecule has 0 bridgehead atoms. The number of carbonyl (C=O) groups is 1. The van der Waals surface area contributed by atoms with Crippen molar-refractivity contribution in [3.8, 4) is 0 Å². The van der Waals surface area contributed by atoms with E-state index >= 15 is 0 Å². The van der Waals surface area contributed by atoms with Gasteiger partial charge >= 0.3 is 5.91 Å². The van der Waals surface area contributed by atoms with Crippen molar-refractivity contribution in [3.05, 3.63) is 18.7 Å². The third-order valence-electron chi connectivity index (χ3n) is 3.05. The van der Waals surface area contributed by atoms with E-state index < -0.39 is 0 Å². The van der Waals surface area contributed by atoms with Gasteiger partial charge in [-0.15, -0.1) is 0 Å². The van der Waals surface area contributed by atoms with E-state index in [0.29, 0.717) is 6.42 Å². The molecule has 1 aromatic heterocycles. The van der Waals surface area contributed by atoms with Crippen LogP contribution in [0.4, 0.5) is 0 Å². The van der Waals surface area contributed by atoms with Crippen molar-refractivity contribution in [2.75, 3.05) is 0 Å². The number of aromatic nitrogens is 2. The Labute approximate surface area is 104 Å². The first-order chi connectivity index (χ1) is 8.24. The van der Waals surface area contributed by atoms with Gasteiger partial charge in [-0.05, 0) is 6.42 Å². The number of nitrogens with zero attached hydrogens (tertiary/aromatic N) is 2. The van der Waals surface area contributed by atoms with Crippen molar-refractivity contribution >= 4 is 5.91 Å². The molecular weight excluding hydrogens is 212 g/mol. The Kier molecular flexibility index (Phi) is 6.60. The molecule has 0 radical (unpaired) electrons. The van der Waals surface area contributed by atoms with E-state index in [2.05, 4.69) is 6.92 Å². The summed E-state index contributed by atoms with van der Waals surface area (Å²) in [5.74, 6) is 0.208. The molecule has 3 nitrogen and oxygen atoms in total. The van der Waals surface area contributed by atoms with Crippen LogP contribution in [0.2, 0.25) is 0 Å². The van der Waals surface area contributed by atoms with E-state index in [0.717, 1.165) is 6.42 Å². The molecule has 0 spiro atoms. The summed E-state index contributed by atoms with van der Waals surface area (Å²) in [4.78, 5) is 11.7. The van der Waals surface area contributed by atoms with Crippen LogP contribution in [0.15, 0.2) is 18.7 Å². The smallest absolute Gasteiger partial charge is 0.246 e. The highest BCUT2D eigenvalue weighted by Crippen LogP contribution is 2.08. The van der Waals surface area contributed by atoms with Crippen molar-refractivity contribution in [1.29, 1.82) is 0 Å². The number of aryl methyl sites for hydroxylation is 1. The van der Waals surface area contributed by atoms with Crippen molar-refractivity contribution in [2.24, 2.45) is 7.05 Å². The fourth-order valence-corrected chi connectivity index (χ4v) is 1.96. The van der Waals surface area contributed by atoms with Crippen LogP contribution in [0.5, 0.6) is 0 Å². The average Bonchev–Trinajstić information content (AvgIpc) is 2.74. The molecule has 1 rings (SSSR count). The average molecular weight is 237 g/mol. The lowest BCUT2D eigenvalue weighted by Gasteiger charge is -1.99. The summed E-state index contributed by atoms with van der Waals surface area (Å²) in [5, 5.41) is 0. The maximum Gasteiger partial charge on any atom is 0.313 e. The van der Waals surface area contributed by atoms with Gasteiger partial charge in [0.15, 0.2) is 0 Å². The molecule has 0 atom stereocenters. The molecule has 96 valence electrons. The quantitative estimate of drug-likeness (QED) is 0.504. The highest BCUT2D eigenvalue weighted by atomic mass is 16.2. The second-order valence-electron chi connectivity index (χ2n) is 4.75. The van der Waals surface area contributed by atoms with Crippen molar-refractivity contribution < 1.29 is 9.36 Å². The molecule has 0 aliphatic carbocycles. The van der Waals surface area contributed by atoms with E-state index in [-0.39, 0.29) is 5.91 Å². The molecule has 17 heavy (non-hydrogen) atoms. The largest absolute Gasteiger partial charge is 0.313 e. The molecule has 0 amide bonds. The number of unbranched alkanes of at least 4 members (excludes halogenated alkanes) is 6. The number of hydrogen-bond acceptors (Lipinski definition) is 1. The summed E-state index contributed by atoms with van der Waals surface area (Å²) in [6.07, 6.45) is 15.0. The maximum absolute atomic E-state index is 11.7. The Morgan fingerprint density at radius 2 is 1.76 bits per heavy atom. The van der Waals surface area contributed by atoms with Crippen LogP contribution in [0.1, 0.15) is 63.1 Å². The fraction of sp³-hybridized carbons (Fsp3) is 0.714. The van der Waals surface area contributed by atoms with E-state index in [1.807, 2.05) is 30.3 Å². The fourth-order valence-electron chi connectivity index (χ4n) is 1.96. The van der Waals surface area contributed by atoms with Crippen molar-refractivity contribution in [1.82, 2.24) is 4.57 Å².